The van der Waals surface area contributed by atoms with Crippen LogP contribution in [0.2, 0.25) is 0 Å². The highest BCUT2D eigenvalue weighted by atomic mass is 32.2. The second-order valence-corrected chi connectivity index (χ2v) is 11.6. The topological polar surface area (TPSA) is 109 Å². The fraction of sp³-hybridized carbons (Fsp3) is 0.156. The lowest BCUT2D eigenvalue weighted by atomic mass is 9.99. The largest absolute Gasteiger partial charge is 0.325 e. The molecule has 0 aliphatic rings. The first-order chi connectivity index (χ1) is 19.1. The first kappa shape index (κ1) is 28.4. The molecule has 0 aromatic heterocycles. The number of hydrogen-bond donors (Lipinski definition) is 2. The predicted molar refractivity (Wildman–Crippen MR) is 157 cm³/mol. The first-order valence-electron chi connectivity index (χ1n) is 12.8. The lowest BCUT2D eigenvalue weighted by Crippen LogP contribution is -2.20. The van der Waals surface area contributed by atoms with Gasteiger partial charge in [-0.05, 0) is 56.7 Å². The molecule has 204 valence electrons. The molecule has 0 bridgehead atoms. The smallest absolute Gasteiger partial charge is 0.257 e. The van der Waals surface area contributed by atoms with Gasteiger partial charge >= 0.3 is 0 Å². The number of aryl methyl sites for hydroxylation is 2. The second kappa shape index (κ2) is 12.5. The molecule has 7 nitrogen and oxygen atoms in total. The summed E-state index contributed by atoms with van der Waals surface area (Å²) in [5.41, 5.74) is 3.54. The summed E-state index contributed by atoms with van der Waals surface area (Å²) in [4.78, 5) is 39.4. The number of anilines is 2. The van der Waals surface area contributed by atoms with Gasteiger partial charge in [0.15, 0.2) is 15.6 Å². The molecule has 0 fully saturated rings. The number of carbonyl (C=O) groups excluding carboxylic acids is 3. The monoisotopic (exact) mass is 554 g/mol. The molecule has 0 aliphatic carbocycles. The van der Waals surface area contributed by atoms with E-state index in [-0.39, 0.29) is 40.5 Å². The Kier molecular flexibility index (Phi) is 8.91. The van der Waals surface area contributed by atoms with Crippen molar-refractivity contribution in [3.8, 4) is 0 Å². The molecule has 0 spiro atoms. The van der Waals surface area contributed by atoms with E-state index in [1.165, 1.54) is 0 Å². The maximum Gasteiger partial charge on any atom is 0.257 e. The van der Waals surface area contributed by atoms with Crippen LogP contribution in [-0.4, -0.2) is 31.8 Å². The average molecular weight is 555 g/mol. The van der Waals surface area contributed by atoms with E-state index < -0.39 is 21.7 Å². The Morgan fingerprint density at radius 2 is 1.30 bits per heavy atom. The van der Waals surface area contributed by atoms with Crippen molar-refractivity contribution in [1.82, 2.24) is 0 Å². The molecule has 0 aliphatic heterocycles. The van der Waals surface area contributed by atoms with Crippen LogP contribution in [0, 0.1) is 13.8 Å². The van der Waals surface area contributed by atoms with E-state index in [0.717, 1.165) is 11.1 Å². The summed E-state index contributed by atoms with van der Waals surface area (Å²) in [5, 5.41) is 5.53. The third-order valence-corrected chi connectivity index (χ3v) is 8.16. The molecule has 0 saturated carbocycles. The van der Waals surface area contributed by atoms with Crippen molar-refractivity contribution in [2.75, 3.05) is 16.4 Å². The minimum atomic E-state index is -3.51. The number of nitrogens with one attached hydrogen (secondary N) is 2. The van der Waals surface area contributed by atoms with Gasteiger partial charge in [-0.2, -0.15) is 0 Å². The molecule has 8 heteroatoms. The Labute approximate surface area is 234 Å². The molecule has 2 N–H and O–H groups in total. The zero-order valence-electron chi connectivity index (χ0n) is 22.3. The summed E-state index contributed by atoms with van der Waals surface area (Å²) in [6.45, 7) is 3.74. The highest BCUT2D eigenvalue weighted by Crippen LogP contribution is 2.24. The van der Waals surface area contributed by atoms with E-state index in [1.807, 2.05) is 19.9 Å². The van der Waals surface area contributed by atoms with Crippen LogP contribution in [0.25, 0.3) is 0 Å². The van der Waals surface area contributed by atoms with E-state index >= 15 is 0 Å². The molecule has 0 atom stereocenters. The van der Waals surface area contributed by atoms with Gasteiger partial charge in [0.25, 0.3) is 5.91 Å². The summed E-state index contributed by atoms with van der Waals surface area (Å²) >= 11 is 0. The average Bonchev–Trinajstić information content (AvgIpc) is 2.94. The molecule has 40 heavy (non-hydrogen) atoms. The van der Waals surface area contributed by atoms with E-state index in [4.69, 9.17) is 0 Å². The summed E-state index contributed by atoms with van der Waals surface area (Å²) in [6.07, 6.45) is 0.0967. The number of carbonyl (C=O) groups is 3. The van der Waals surface area contributed by atoms with Crippen LogP contribution < -0.4 is 10.6 Å². The number of benzene rings is 4. The number of para-hydroxylation sites is 1. The number of rotatable bonds is 10. The molecule has 4 aromatic rings. The van der Waals surface area contributed by atoms with Crippen LogP contribution in [0.3, 0.4) is 0 Å². The van der Waals surface area contributed by atoms with Gasteiger partial charge in [0, 0.05) is 17.5 Å². The van der Waals surface area contributed by atoms with Gasteiger partial charge in [0.1, 0.15) is 0 Å². The standard InChI is InChI=1S/C32H30N2O5S/c1-22-14-17-25(18-15-22)40(38,39)20-8-13-30(35)33-28-12-7-6-11-26(28)32(37)34-29-19-16-23(2)21-27(29)31(36)24-9-4-3-5-10-24/h3-7,9-12,14-19,21H,8,13,20H2,1-2H3,(H,33,35)(H,34,37). The number of amides is 2. The van der Waals surface area contributed by atoms with Gasteiger partial charge < -0.3 is 10.6 Å². The van der Waals surface area contributed by atoms with Crippen LogP contribution in [0.5, 0.6) is 0 Å². The van der Waals surface area contributed by atoms with Gasteiger partial charge in [0.2, 0.25) is 5.91 Å². The molecular weight excluding hydrogens is 524 g/mol. The summed E-state index contributed by atoms with van der Waals surface area (Å²) in [5.74, 6) is -1.29. The van der Waals surface area contributed by atoms with Gasteiger partial charge in [0.05, 0.1) is 27.6 Å². The van der Waals surface area contributed by atoms with Crippen LogP contribution in [-0.2, 0) is 14.6 Å². The maximum absolute atomic E-state index is 13.3. The first-order valence-corrected chi connectivity index (χ1v) is 14.5. The molecule has 0 saturated heterocycles. The SMILES string of the molecule is Cc1ccc(S(=O)(=O)CCCC(=O)Nc2ccccc2C(=O)Nc2ccc(C)cc2C(=O)c2ccccc2)cc1. The Morgan fingerprint density at radius 1 is 0.675 bits per heavy atom. The minimum absolute atomic E-state index is 0.0330. The zero-order valence-corrected chi connectivity index (χ0v) is 23.1. The van der Waals surface area contributed by atoms with E-state index in [2.05, 4.69) is 10.6 Å². The Hall–Kier alpha value is -4.56. The van der Waals surface area contributed by atoms with Crippen molar-refractivity contribution in [3.63, 3.8) is 0 Å². The summed E-state index contributed by atoms with van der Waals surface area (Å²) < 4.78 is 25.2. The van der Waals surface area contributed by atoms with Crippen LogP contribution >= 0.6 is 0 Å². The Bertz CT molecular complexity index is 1650. The third-order valence-electron chi connectivity index (χ3n) is 6.35. The van der Waals surface area contributed by atoms with Gasteiger partial charge in [-0.15, -0.1) is 0 Å². The van der Waals surface area contributed by atoms with Crippen molar-refractivity contribution in [2.24, 2.45) is 0 Å². The van der Waals surface area contributed by atoms with E-state index in [1.54, 1.807) is 91.0 Å². The van der Waals surface area contributed by atoms with Crippen molar-refractivity contribution < 1.29 is 22.8 Å². The predicted octanol–water partition coefficient (Wildman–Crippen LogP) is 5.98. The normalized spacial score (nSPS) is 11.1. The number of sulfone groups is 1. The lowest BCUT2D eigenvalue weighted by Gasteiger charge is -2.14. The lowest BCUT2D eigenvalue weighted by molar-refractivity contribution is -0.116. The molecular formula is C32H30N2O5S. The van der Waals surface area contributed by atoms with Crippen molar-refractivity contribution in [3.05, 3.63) is 125 Å². The fourth-order valence-electron chi connectivity index (χ4n) is 4.18. The third kappa shape index (κ3) is 7.09. The summed E-state index contributed by atoms with van der Waals surface area (Å²) in [7, 11) is -3.51. The Balaban J connectivity index is 1.44. The van der Waals surface area contributed by atoms with E-state index in [9.17, 15) is 22.8 Å². The summed E-state index contributed by atoms with van der Waals surface area (Å²) in [6, 6.07) is 27.1. The molecule has 0 unspecified atom stereocenters. The maximum atomic E-state index is 13.3. The van der Waals surface area contributed by atoms with Crippen molar-refractivity contribution in [2.45, 2.75) is 31.6 Å². The Morgan fingerprint density at radius 3 is 2.02 bits per heavy atom. The molecule has 4 aromatic carbocycles. The highest BCUT2D eigenvalue weighted by molar-refractivity contribution is 7.91. The van der Waals surface area contributed by atoms with Crippen LogP contribution in [0.4, 0.5) is 11.4 Å². The molecule has 4 rings (SSSR count). The number of ketones is 1. The van der Waals surface area contributed by atoms with Gasteiger partial charge in [-0.25, -0.2) is 8.42 Å². The van der Waals surface area contributed by atoms with Crippen molar-refractivity contribution in [1.29, 1.82) is 0 Å². The molecule has 0 heterocycles. The van der Waals surface area contributed by atoms with E-state index in [0.29, 0.717) is 16.8 Å². The zero-order chi connectivity index (χ0) is 28.7. The number of hydrogen-bond acceptors (Lipinski definition) is 5. The second-order valence-electron chi connectivity index (χ2n) is 9.53. The van der Waals surface area contributed by atoms with Crippen molar-refractivity contribution >= 4 is 38.8 Å². The quantitative estimate of drug-likeness (QED) is 0.235. The van der Waals surface area contributed by atoms with Gasteiger partial charge in [-0.3, -0.25) is 14.4 Å². The molecule has 0 radical (unpaired) electrons. The van der Waals surface area contributed by atoms with Crippen LogP contribution in [0.1, 0.15) is 50.2 Å². The van der Waals surface area contributed by atoms with Crippen LogP contribution in [0.15, 0.2) is 102 Å². The fourth-order valence-corrected chi connectivity index (χ4v) is 5.49. The van der Waals surface area contributed by atoms with Gasteiger partial charge in [-0.1, -0.05) is 71.8 Å². The molecule has 2 amide bonds. The minimum Gasteiger partial charge on any atom is -0.325 e. The highest BCUT2D eigenvalue weighted by Gasteiger charge is 2.19.